The van der Waals surface area contributed by atoms with Gasteiger partial charge in [0.15, 0.2) is 0 Å². The second-order valence-electron chi connectivity index (χ2n) is 10.6. The fourth-order valence-electron chi connectivity index (χ4n) is 5.56. The quantitative estimate of drug-likeness (QED) is 0.562. The van der Waals surface area contributed by atoms with Crippen LogP contribution in [0, 0.1) is 5.92 Å². The molecule has 36 heavy (non-hydrogen) atoms. The van der Waals surface area contributed by atoms with Crippen molar-refractivity contribution in [1.29, 1.82) is 0 Å². The molecular formula is C26H31F2N7O. The predicted molar refractivity (Wildman–Crippen MR) is 130 cm³/mol. The molecular weight excluding hydrogens is 464 g/mol. The molecule has 2 atom stereocenters. The fraction of sp³-hybridized carbons (Fsp3) is 0.538. The van der Waals surface area contributed by atoms with Gasteiger partial charge in [-0.3, -0.25) is 9.48 Å². The second kappa shape index (κ2) is 8.67. The van der Waals surface area contributed by atoms with Crippen LogP contribution in [0.15, 0.2) is 30.9 Å². The number of hydrogen-bond acceptors (Lipinski definition) is 5. The zero-order valence-corrected chi connectivity index (χ0v) is 20.6. The summed E-state index contributed by atoms with van der Waals surface area (Å²) in [6, 6.07) is 3.74. The number of fused-ring (bicyclic) bond motifs is 1. The van der Waals surface area contributed by atoms with Gasteiger partial charge in [0.1, 0.15) is 5.82 Å². The smallest absolute Gasteiger partial charge is 0.269 e. The Labute approximate surface area is 208 Å². The van der Waals surface area contributed by atoms with Crippen molar-refractivity contribution in [3.63, 3.8) is 0 Å². The van der Waals surface area contributed by atoms with Gasteiger partial charge in [0.05, 0.1) is 48.6 Å². The fourth-order valence-corrected chi connectivity index (χ4v) is 5.56. The minimum Gasteiger partial charge on any atom is -0.350 e. The van der Waals surface area contributed by atoms with Crippen LogP contribution in [0.3, 0.4) is 0 Å². The molecule has 1 aliphatic heterocycles. The highest BCUT2D eigenvalue weighted by Gasteiger charge is 2.45. The molecule has 1 saturated carbocycles. The standard InChI is InChI=1S/C26H31F2N7O/c1-16-11-34(14-26(16,27)28)22-9-6-18(23(32-22)17-4-3-5-17)12-35-13-19(10-30-35)25(36)31-20-7-8-21-24(20)29-15-33(21)2/h6,9-10,13,15-17,20H,3-5,7-8,11-12,14H2,1-2H3,(H,31,36)/t16?,20-/m1/s1. The van der Waals surface area contributed by atoms with Gasteiger partial charge in [0.2, 0.25) is 0 Å². The Hall–Kier alpha value is -3.30. The van der Waals surface area contributed by atoms with E-state index in [1.165, 1.54) is 5.69 Å². The van der Waals surface area contributed by atoms with E-state index in [0.29, 0.717) is 30.4 Å². The van der Waals surface area contributed by atoms with Crippen molar-refractivity contribution < 1.29 is 13.6 Å². The maximum Gasteiger partial charge on any atom is 0.269 e. The maximum absolute atomic E-state index is 14.1. The molecule has 1 unspecified atom stereocenters. The van der Waals surface area contributed by atoms with E-state index in [-0.39, 0.29) is 18.5 Å². The molecule has 4 heterocycles. The van der Waals surface area contributed by atoms with Crippen molar-refractivity contribution in [2.75, 3.05) is 18.0 Å². The number of alkyl halides is 2. The zero-order valence-electron chi connectivity index (χ0n) is 20.6. The van der Waals surface area contributed by atoms with Crippen molar-refractivity contribution in [2.45, 2.75) is 63.5 Å². The highest BCUT2D eigenvalue weighted by molar-refractivity contribution is 5.94. The van der Waals surface area contributed by atoms with Crippen LogP contribution in [-0.4, -0.2) is 49.2 Å². The van der Waals surface area contributed by atoms with Crippen LogP contribution in [0.1, 0.15) is 77.6 Å². The highest BCUT2D eigenvalue weighted by atomic mass is 19.3. The number of carbonyl (C=O) groups is 1. The highest BCUT2D eigenvalue weighted by Crippen LogP contribution is 2.40. The third-order valence-electron chi connectivity index (χ3n) is 8.05. The maximum atomic E-state index is 14.1. The van der Waals surface area contributed by atoms with Crippen LogP contribution in [0.5, 0.6) is 0 Å². The number of hydrogen-bond donors (Lipinski definition) is 1. The number of aromatic nitrogens is 5. The number of carbonyl (C=O) groups excluding carboxylic acids is 1. The molecule has 1 N–H and O–H groups in total. The Kier molecular flexibility index (Phi) is 5.57. The van der Waals surface area contributed by atoms with E-state index in [9.17, 15) is 13.6 Å². The number of amides is 1. The average molecular weight is 496 g/mol. The predicted octanol–water partition coefficient (Wildman–Crippen LogP) is 3.84. The van der Waals surface area contributed by atoms with Crippen molar-refractivity contribution in [1.82, 2.24) is 29.6 Å². The monoisotopic (exact) mass is 495 g/mol. The summed E-state index contributed by atoms with van der Waals surface area (Å²) in [6.45, 7) is 2.09. The van der Waals surface area contributed by atoms with Crippen molar-refractivity contribution in [3.8, 4) is 0 Å². The molecule has 2 aliphatic carbocycles. The molecule has 10 heteroatoms. The van der Waals surface area contributed by atoms with Gasteiger partial charge in [0, 0.05) is 37.3 Å². The SMILES string of the molecule is CC1CN(c2ccc(Cn3cc(C(=O)N[C@@H]4CCc5c4ncn5C)cn3)c(C3CCC3)n2)CC1(F)F. The number of imidazole rings is 1. The number of halogens is 2. The van der Waals surface area contributed by atoms with E-state index < -0.39 is 11.8 Å². The van der Waals surface area contributed by atoms with Gasteiger partial charge in [-0.15, -0.1) is 0 Å². The summed E-state index contributed by atoms with van der Waals surface area (Å²) in [5, 5.41) is 7.52. The van der Waals surface area contributed by atoms with Crippen LogP contribution in [0.25, 0.3) is 0 Å². The summed E-state index contributed by atoms with van der Waals surface area (Å²) in [4.78, 5) is 23.9. The summed E-state index contributed by atoms with van der Waals surface area (Å²) >= 11 is 0. The Bertz CT molecular complexity index is 1300. The normalized spacial score (nSPS) is 23.1. The summed E-state index contributed by atoms with van der Waals surface area (Å²) in [5.41, 5.74) is 4.60. The number of nitrogens with one attached hydrogen (secondary N) is 1. The third-order valence-corrected chi connectivity index (χ3v) is 8.05. The minimum absolute atomic E-state index is 0.0836. The number of nitrogens with zero attached hydrogens (tertiary/aromatic N) is 6. The first kappa shape index (κ1) is 23.1. The molecule has 0 aromatic carbocycles. The van der Waals surface area contributed by atoms with Gasteiger partial charge in [-0.1, -0.05) is 19.4 Å². The van der Waals surface area contributed by atoms with E-state index in [4.69, 9.17) is 4.98 Å². The van der Waals surface area contributed by atoms with Crippen LogP contribution >= 0.6 is 0 Å². The summed E-state index contributed by atoms with van der Waals surface area (Å²) in [5.74, 6) is -2.58. The van der Waals surface area contributed by atoms with Gasteiger partial charge >= 0.3 is 0 Å². The first-order chi connectivity index (χ1) is 17.3. The van der Waals surface area contributed by atoms with E-state index in [1.807, 2.05) is 23.7 Å². The summed E-state index contributed by atoms with van der Waals surface area (Å²) < 4.78 is 32.0. The molecule has 190 valence electrons. The molecule has 0 bridgehead atoms. The Balaban J connectivity index is 1.17. The van der Waals surface area contributed by atoms with Crippen LogP contribution in [-0.2, 0) is 20.0 Å². The Morgan fingerprint density at radius 2 is 2.06 bits per heavy atom. The van der Waals surface area contributed by atoms with Gasteiger partial charge in [0.25, 0.3) is 11.8 Å². The lowest BCUT2D eigenvalue weighted by atomic mass is 9.81. The molecule has 3 aromatic rings. The lowest BCUT2D eigenvalue weighted by Crippen LogP contribution is -2.27. The zero-order chi connectivity index (χ0) is 25.0. The van der Waals surface area contributed by atoms with Crippen LogP contribution in [0.4, 0.5) is 14.6 Å². The van der Waals surface area contributed by atoms with E-state index in [0.717, 1.165) is 49.1 Å². The van der Waals surface area contributed by atoms with E-state index >= 15 is 0 Å². The second-order valence-corrected chi connectivity index (χ2v) is 10.6. The molecule has 1 amide bonds. The van der Waals surface area contributed by atoms with Gasteiger partial charge in [-0.05, 0) is 37.3 Å². The molecule has 3 aromatic heterocycles. The Morgan fingerprint density at radius 1 is 1.22 bits per heavy atom. The van der Waals surface area contributed by atoms with Gasteiger partial charge in [-0.25, -0.2) is 18.7 Å². The van der Waals surface area contributed by atoms with Crippen molar-refractivity contribution in [3.05, 3.63) is 59.1 Å². The number of rotatable bonds is 6. The Morgan fingerprint density at radius 3 is 2.78 bits per heavy atom. The molecule has 1 saturated heterocycles. The third kappa shape index (κ3) is 4.06. The molecule has 3 aliphatic rings. The lowest BCUT2D eigenvalue weighted by molar-refractivity contribution is -0.0138. The number of anilines is 1. The largest absolute Gasteiger partial charge is 0.350 e. The molecule has 8 nitrogen and oxygen atoms in total. The van der Waals surface area contributed by atoms with Crippen LogP contribution < -0.4 is 10.2 Å². The topological polar surface area (TPSA) is 80.9 Å². The minimum atomic E-state index is -2.69. The summed E-state index contributed by atoms with van der Waals surface area (Å²) in [7, 11) is 1.97. The van der Waals surface area contributed by atoms with Crippen molar-refractivity contribution >= 4 is 11.7 Å². The van der Waals surface area contributed by atoms with Gasteiger partial charge in [-0.2, -0.15) is 5.10 Å². The summed E-state index contributed by atoms with van der Waals surface area (Å²) in [6.07, 6.45) is 10.1. The molecule has 6 rings (SSSR count). The van der Waals surface area contributed by atoms with Gasteiger partial charge < -0.3 is 14.8 Å². The average Bonchev–Trinajstić information content (AvgIpc) is 3.56. The number of aryl methyl sites for hydroxylation is 1. The van der Waals surface area contributed by atoms with E-state index in [1.54, 1.807) is 35.2 Å². The number of pyridine rings is 1. The van der Waals surface area contributed by atoms with Crippen molar-refractivity contribution in [2.24, 2.45) is 13.0 Å². The first-order valence-electron chi connectivity index (χ1n) is 12.7. The first-order valence-corrected chi connectivity index (χ1v) is 12.7. The lowest BCUT2D eigenvalue weighted by Gasteiger charge is -2.28. The van der Waals surface area contributed by atoms with Crippen LogP contribution in [0.2, 0.25) is 0 Å². The molecule has 2 fully saturated rings. The van der Waals surface area contributed by atoms with E-state index in [2.05, 4.69) is 15.4 Å². The molecule has 0 spiro atoms. The molecule has 0 radical (unpaired) electrons.